The minimum absolute atomic E-state index is 0. The molecular formula is C17H30ClFN4S. The first-order valence-electron chi connectivity index (χ1n) is 8.78. The maximum absolute atomic E-state index is 14.0. The summed E-state index contributed by atoms with van der Waals surface area (Å²) in [4.78, 5) is 9.23. The minimum Gasteiger partial charge on any atom is -0.316 e. The molecule has 0 saturated carbocycles. The molecule has 7 heteroatoms. The van der Waals surface area contributed by atoms with E-state index in [0.29, 0.717) is 19.0 Å². The number of piperidine rings is 1. The molecule has 2 saturated heterocycles. The van der Waals surface area contributed by atoms with Crippen LogP contribution in [0.1, 0.15) is 30.0 Å². The quantitative estimate of drug-likeness (QED) is 0.827. The van der Waals surface area contributed by atoms with E-state index in [4.69, 9.17) is 0 Å². The maximum Gasteiger partial charge on any atom is 0.114 e. The third-order valence-electron chi connectivity index (χ3n) is 5.00. The molecule has 1 N–H and O–H groups in total. The molecule has 1 aromatic rings. The van der Waals surface area contributed by atoms with Gasteiger partial charge in [-0.15, -0.1) is 23.7 Å². The molecule has 2 fully saturated rings. The van der Waals surface area contributed by atoms with Crippen molar-refractivity contribution in [3.8, 4) is 0 Å². The molecular weight excluding hydrogens is 347 g/mol. The Morgan fingerprint density at radius 1 is 1.46 bits per heavy atom. The van der Waals surface area contributed by atoms with E-state index in [1.54, 1.807) is 11.3 Å². The average molecular weight is 377 g/mol. The Hall–Kier alpha value is -0.270. The molecule has 0 amide bonds. The number of alkyl halides is 1. The molecule has 1 unspecified atom stereocenters. The summed E-state index contributed by atoms with van der Waals surface area (Å²) in [6.45, 7) is 7.73. The second-order valence-electron chi connectivity index (χ2n) is 7.21. The van der Waals surface area contributed by atoms with Crippen molar-refractivity contribution < 1.29 is 4.39 Å². The number of nitrogens with one attached hydrogen (secondary N) is 1. The van der Waals surface area contributed by atoms with Gasteiger partial charge in [0.05, 0.1) is 10.7 Å². The van der Waals surface area contributed by atoms with Crippen molar-refractivity contribution in [2.75, 3.05) is 39.8 Å². The van der Waals surface area contributed by atoms with Gasteiger partial charge >= 0.3 is 0 Å². The van der Waals surface area contributed by atoms with E-state index < -0.39 is 6.17 Å². The molecule has 3 rings (SSSR count). The Labute approximate surface area is 155 Å². The number of hydrogen-bond acceptors (Lipinski definition) is 5. The van der Waals surface area contributed by atoms with Crippen molar-refractivity contribution in [2.45, 2.75) is 44.9 Å². The summed E-state index contributed by atoms with van der Waals surface area (Å²) in [6.07, 6.45) is 2.57. The lowest BCUT2D eigenvalue weighted by Gasteiger charge is -2.31. The van der Waals surface area contributed by atoms with E-state index in [9.17, 15) is 4.39 Å². The summed E-state index contributed by atoms with van der Waals surface area (Å²) in [5, 5.41) is 6.68. The second-order valence-corrected chi connectivity index (χ2v) is 8.27. The number of halogens is 2. The Bertz CT molecular complexity index is 495. The lowest BCUT2D eigenvalue weighted by molar-refractivity contribution is 0.163. The van der Waals surface area contributed by atoms with Gasteiger partial charge in [0.15, 0.2) is 0 Å². The number of aryl methyl sites for hydroxylation is 1. The number of rotatable bonds is 6. The van der Waals surface area contributed by atoms with E-state index in [-0.39, 0.29) is 12.4 Å². The summed E-state index contributed by atoms with van der Waals surface area (Å²) < 4.78 is 14.0. The molecule has 3 atom stereocenters. The second kappa shape index (κ2) is 9.43. The molecule has 24 heavy (non-hydrogen) atoms. The first-order valence-corrected chi connectivity index (χ1v) is 9.66. The lowest BCUT2D eigenvalue weighted by atomic mass is 9.99. The number of thiazole rings is 1. The van der Waals surface area contributed by atoms with Crippen molar-refractivity contribution >= 4 is 23.7 Å². The van der Waals surface area contributed by atoms with Gasteiger partial charge in [-0.2, -0.15) is 0 Å². The van der Waals surface area contributed by atoms with Crippen LogP contribution in [0.15, 0.2) is 5.38 Å². The summed E-state index contributed by atoms with van der Waals surface area (Å²) in [6, 6.07) is 0.313. The van der Waals surface area contributed by atoms with Gasteiger partial charge in [-0.05, 0) is 52.2 Å². The Balaban J connectivity index is 0.00000208. The molecule has 138 valence electrons. The van der Waals surface area contributed by atoms with Crippen LogP contribution >= 0.6 is 23.7 Å². The van der Waals surface area contributed by atoms with Crippen molar-refractivity contribution in [2.24, 2.45) is 5.92 Å². The molecule has 0 spiro atoms. The van der Waals surface area contributed by atoms with E-state index >= 15 is 0 Å². The third kappa shape index (κ3) is 5.63. The topological polar surface area (TPSA) is 31.4 Å². The van der Waals surface area contributed by atoms with Crippen LogP contribution in [0, 0.1) is 12.8 Å². The van der Waals surface area contributed by atoms with Crippen LogP contribution in [0.2, 0.25) is 0 Å². The highest BCUT2D eigenvalue weighted by molar-refractivity contribution is 7.09. The van der Waals surface area contributed by atoms with Crippen LogP contribution in [0.5, 0.6) is 0 Å². The smallest absolute Gasteiger partial charge is 0.114 e. The van der Waals surface area contributed by atoms with E-state index in [1.165, 1.54) is 12.8 Å². The molecule has 2 aliphatic heterocycles. The van der Waals surface area contributed by atoms with Gasteiger partial charge in [-0.1, -0.05) is 0 Å². The number of likely N-dealkylation sites (N-methyl/N-ethyl adjacent to an activating group) is 1. The first kappa shape index (κ1) is 20.0. The first-order chi connectivity index (χ1) is 11.1. The van der Waals surface area contributed by atoms with E-state index in [1.807, 2.05) is 6.92 Å². The fourth-order valence-corrected chi connectivity index (χ4v) is 4.55. The predicted octanol–water partition coefficient (Wildman–Crippen LogP) is 2.72. The van der Waals surface area contributed by atoms with Gasteiger partial charge in [-0.25, -0.2) is 9.37 Å². The molecule has 1 aromatic heterocycles. The summed E-state index contributed by atoms with van der Waals surface area (Å²) in [7, 11) is 2.19. The van der Waals surface area contributed by atoms with Gasteiger partial charge in [0.25, 0.3) is 0 Å². The zero-order valence-corrected chi connectivity index (χ0v) is 16.3. The highest BCUT2D eigenvalue weighted by Gasteiger charge is 2.33. The van der Waals surface area contributed by atoms with Gasteiger partial charge in [0.2, 0.25) is 0 Å². The third-order valence-corrected chi connectivity index (χ3v) is 5.82. The van der Waals surface area contributed by atoms with Crippen LogP contribution in [-0.2, 0) is 6.54 Å². The van der Waals surface area contributed by atoms with Gasteiger partial charge in [0.1, 0.15) is 6.17 Å². The zero-order valence-electron chi connectivity index (χ0n) is 14.7. The largest absolute Gasteiger partial charge is 0.316 e. The highest BCUT2D eigenvalue weighted by Crippen LogP contribution is 2.24. The van der Waals surface area contributed by atoms with Crippen LogP contribution in [0.4, 0.5) is 4.39 Å². The molecule has 0 bridgehead atoms. The standard InChI is InChI=1S/C17H29FN4S.ClH/c1-13-20-16(12-23-13)10-22-9-15(18)6-17(22)11-21(2)8-14-4-3-5-19-7-14;/h12,14-15,17,19H,3-11H2,1-2H3;1H/t14?,15-,17-;/m0./s1. The molecule has 4 nitrogen and oxygen atoms in total. The van der Waals surface area contributed by atoms with Crippen LogP contribution in [-0.4, -0.2) is 66.8 Å². The molecule has 0 aliphatic carbocycles. The van der Waals surface area contributed by atoms with Crippen molar-refractivity contribution in [1.29, 1.82) is 0 Å². The predicted molar refractivity (Wildman–Crippen MR) is 101 cm³/mol. The van der Waals surface area contributed by atoms with Crippen LogP contribution < -0.4 is 5.32 Å². The minimum atomic E-state index is -0.690. The Morgan fingerprint density at radius 3 is 2.96 bits per heavy atom. The summed E-state index contributed by atoms with van der Waals surface area (Å²) in [5.74, 6) is 0.742. The number of aromatic nitrogens is 1. The monoisotopic (exact) mass is 376 g/mol. The average Bonchev–Trinajstić information content (AvgIpc) is 3.06. The van der Waals surface area contributed by atoms with Gasteiger partial charge in [0, 0.05) is 37.6 Å². The van der Waals surface area contributed by atoms with E-state index in [2.05, 4.69) is 32.5 Å². The Kier molecular flexibility index (Phi) is 7.88. The zero-order chi connectivity index (χ0) is 16.2. The fraction of sp³-hybridized carbons (Fsp3) is 0.824. The van der Waals surface area contributed by atoms with Gasteiger partial charge < -0.3 is 10.2 Å². The number of hydrogen-bond donors (Lipinski definition) is 1. The SMILES string of the molecule is Cc1nc(CN2C[C@@H](F)C[C@H]2CN(C)CC2CCCNC2)cs1.Cl. The molecule has 0 aromatic carbocycles. The molecule has 0 radical (unpaired) electrons. The maximum atomic E-state index is 14.0. The molecule has 3 heterocycles. The summed E-state index contributed by atoms with van der Waals surface area (Å²) in [5.41, 5.74) is 1.09. The van der Waals surface area contributed by atoms with Crippen molar-refractivity contribution in [1.82, 2.24) is 20.1 Å². The summed E-state index contributed by atoms with van der Waals surface area (Å²) >= 11 is 1.68. The number of likely N-dealkylation sites (tertiary alicyclic amines) is 1. The normalized spacial score (nSPS) is 28.2. The fourth-order valence-electron chi connectivity index (χ4n) is 3.95. The van der Waals surface area contributed by atoms with Crippen LogP contribution in [0.25, 0.3) is 0 Å². The lowest BCUT2D eigenvalue weighted by Crippen LogP contribution is -2.42. The van der Waals surface area contributed by atoms with Gasteiger partial charge in [-0.3, -0.25) is 4.90 Å². The highest BCUT2D eigenvalue weighted by atomic mass is 35.5. The van der Waals surface area contributed by atoms with Crippen LogP contribution in [0.3, 0.4) is 0 Å². The molecule has 2 aliphatic rings. The van der Waals surface area contributed by atoms with Crippen molar-refractivity contribution in [3.05, 3.63) is 16.1 Å². The Morgan fingerprint density at radius 2 is 2.29 bits per heavy atom. The van der Waals surface area contributed by atoms with E-state index in [0.717, 1.165) is 49.3 Å². The number of nitrogens with zero attached hydrogens (tertiary/aromatic N) is 3. The van der Waals surface area contributed by atoms with Crippen molar-refractivity contribution in [3.63, 3.8) is 0 Å².